The highest BCUT2D eigenvalue weighted by Crippen LogP contribution is 2.20. The first-order valence-electron chi connectivity index (χ1n) is 6.19. The summed E-state index contributed by atoms with van der Waals surface area (Å²) in [5, 5.41) is 0. The molecule has 1 aromatic rings. The number of imidazole rings is 1. The fraction of sp³-hybridized carbons (Fsp3) is 0.667. The molecule has 1 aliphatic heterocycles. The number of rotatable bonds is 3. The van der Waals surface area contributed by atoms with Gasteiger partial charge >= 0.3 is 5.97 Å². The summed E-state index contributed by atoms with van der Waals surface area (Å²) in [6, 6.07) is 0. The van der Waals surface area contributed by atoms with E-state index in [0.29, 0.717) is 11.7 Å². The van der Waals surface area contributed by atoms with Gasteiger partial charge in [-0.1, -0.05) is 0 Å². The van der Waals surface area contributed by atoms with Crippen LogP contribution < -0.4 is 5.73 Å². The van der Waals surface area contributed by atoms with E-state index in [1.165, 1.54) is 20.0 Å². The average Bonchev–Trinajstić information content (AvgIpc) is 2.70. The van der Waals surface area contributed by atoms with Gasteiger partial charge in [-0.3, -0.25) is 0 Å². The number of ether oxygens (including phenoxy) is 1. The standard InChI is InChI=1S/C12H20N4O2/c1-15-5-3-4-9(6-15)7-16-8-14-10(11(16)13)12(17)18-2/h8-9H,3-7,13H2,1-2H3. The van der Waals surface area contributed by atoms with E-state index in [0.717, 1.165) is 19.6 Å². The average molecular weight is 252 g/mol. The molecule has 1 saturated heterocycles. The first-order chi connectivity index (χ1) is 8.61. The minimum Gasteiger partial charge on any atom is -0.464 e. The lowest BCUT2D eigenvalue weighted by molar-refractivity contribution is 0.0596. The lowest BCUT2D eigenvalue weighted by Crippen LogP contribution is -2.34. The van der Waals surface area contributed by atoms with Gasteiger partial charge in [-0.05, 0) is 32.4 Å². The fourth-order valence-electron chi connectivity index (χ4n) is 2.49. The third-order valence-corrected chi connectivity index (χ3v) is 3.43. The second-order valence-electron chi connectivity index (χ2n) is 4.89. The van der Waals surface area contributed by atoms with E-state index in [4.69, 9.17) is 5.73 Å². The van der Waals surface area contributed by atoms with Gasteiger partial charge in [-0.15, -0.1) is 0 Å². The molecular weight excluding hydrogens is 232 g/mol. The Morgan fingerprint density at radius 2 is 2.44 bits per heavy atom. The van der Waals surface area contributed by atoms with E-state index in [1.54, 1.807) is 6.33 Å². The summed E-state index contributed by atoms with van der Waals surface area (Å²) in [5.74, 6) is 0.479. The maximum absolute atomic E-state index is 11.4. The molecule has 0 aromatic carbocycles. The second-order valence-corrected chi connectivity index (χ2v) is 4.89. The van der Waals surface area contributed by atoms with Crippen molar-refractivity contribution in [3.05, 3.63) is 12.0 Å². The summed E-state index contributed by atoms with van der Waals surface area (Å²) < 4.78 is 6.48. The Morgan fingerprint density at radius 1 is 1.67 bits per heavy atom. The van der Waals surface area contributed by atoms with Crippen molar-refractivity contribution in [3.8, 4) is 0 Å². The van der Waals surface area contributed by atoms with Gasteiger partial charge in [0.25, 0.3) is 0 Å². The minimum atomic E-state index is -0.480. The van der Waals surface area contributed by atoms with Gasteiger partial charge in [0.15, 0.2) is 5.69 Å². The number of hydrogen-bond donors (Lipinski definition) is 1. The Bertz CT molecular complexity index is 430. The first kappa shape index (κ1) is 12.9. The number of carbonyl (C=O) groups is 1. The van der Waals surface area contributed by atoms with Gasteiger partial charge < -0.3 is 19.9 Å². The SMILES string of the molecule is COC(=O)c1ncn(CC2CCCN(C)C2)c1N. The van der Waals surface area contributed by atoms with Crippen LogP contribution in [-0.2, 0) is 11.3 Å². The van der Waals surface area contributed by atoms with Crippen LogP contribution in [-0.4, -0.2) is 47.7 Å². The van der Waals surface area contributed by atoms with Crippen molar-refractivity contribution < 1.29 is 9.53 Å². The van der Waals surface area contributed by atoms with Gasteiger partial charge in [-0.2, -0.15) is 0 Å². The molecular formula is C12H20N4O2. The van der Waals surface area contributed by atoms with Gasteiger partial charge in [0, 0.05) is 13.1 Å². The minimum absolute atomic E-state index is 0.210. The molecule has 100 valence electrons. The molecule has 1 aliphatic rings. The van der Waals surface area contributed by atoms with Crippen LogP contribution in [0.15, 0.2) is 6.33 Å². The molecule has 0 spiro atoms. The van der Waals surface area contributed by atoms with E-state index in [2.05, 4.69) is 21.7 Å². The lowest BCUT2D eigenvalue weighted by Gasteiger charge is -2.29. The Morgan fingerprint density at radius 3 is 3.11 bits per heavy atom. The van der Waals surface area contributed by atoms with E-state index in [1.807, 2.05) is 4.57 Å². The van der Waals surface area contributed by atoms with Crippen LogP contribution in [0, 0.1) is 5.92 Å². The predicted octanol–water partition coefficient (Wildman–Crippen LogP) is 0.594. The summed E-state index contributed by atoms with van der Waals surface area (Å²) in [6.45, 7) is 3.02. The highest BCUT2D eigenvalue weighted by molar-refractivity contribution is 5.91. The summed E-state index contributed by atoms with van der Waals surface area (Å²) in [5.41, 5.74) is 6.13. The Labute approximate surface area is 107 Å². The zero-order chi connectivity index (χ0) is 13.1. The number of esters is 1. The Kier molecular flexibility index (Phi) is 3.86. The van der Waals surface area contributed by atoms with Gasteiger partial charge in [0.1, 0.15) is 5.82 Å². The number of hydrogen-bond acceptors (Lipinski definition) is 5. The molecule has 2 N–H and O–H groups in total. The number of nitrogen functional groups attached to an aromatic ring is 1. The number of nitrogens with two attached hydrogens (primary N) is 1. The molecule has 2 rings (SSSR count). The van der Waals surface area contributed by atoms with Crippen LogP contribution in [0.4, 0.5) is 5.82 Å². The smallest absolute Gasteiger partial charge is 0.360 e. The summed E-state index contributed by atoms with van der Waals surface area (Å²) in [6.07, 6.45) is 4.02. The third kappa shape index (κ3) is 2.64. The van der Waals surface area contributed by atoms with Crippen LogP contribution in [0.5, 0.6) is 0 Å². The highest BCUT2D eigenvalue weighted by Gasteiger charge is 2.21. The number of anilines is 1. The van der Waals surface area contributed by atoms with E-state index < -0.39 is 5.97 Å². The molecule has 18 heavy (non-hydrogen) atoms. The van der Waals surface area contributed by atoms with Crippen molar-refractivity contribution in [1.82, 2.24) is 14.5 Å². The fourth-order valence-corrected chi connectivity index (χ4v) is 2.49. The number of nitrogens with zero attached hydrogens (tertiary/aromatic N) is 3. The number of aromatic nitrogens is 2. The van der Waals surface area contributed by atoms with Crippen molar-refractivity contribution in [2.24, 2.45) is 5.92 Å². The highest BCUT2D eigenvalue weighted by atomic mass is 16.5. The quantitative estimate of drug-likeness (QED) is 0.797. The molecule has 0 saturated carbocycles. The largest absolute Gasteiger partial charge is 0.464 e. The maximum Gasteiger partial charge on any atom is 0.360 e. The maximum atomic E-state index is 11.4. The summed E-state index contributed by atoms with van der Waals surface area (Å²) >= 11 is 0. The van der Waals surface area contributed by atoms with Gasteiger partial charge in [-0.25, -0.2) is 9.78 Å². The normalized spacial score (nSPS) is 20.9. The van der Waals surface area contributed by atoms with E-state index in [9.17, 15) is 4.79 Å². The molecule has 0 aliphatic carbocycles. The Hall–Kier alpha value is -1.56. The molecule has 0 amide bonds. The van der Waals surface area contributed by atoms with Crippen LogP contribution in [0.25, 0.3) is 0 Å². The van der Waals surface area contributed by atoms with Crippen LogP contribution in [0.1, 0.15) is 23.3 Å². The molecule has 1 fully saturated rings. The van der Waals surface area contributed by atoms with Crippen LogP contribution in [0.3, 0.4) is 0 Å². The molecule has 1 atom stereocenters. The van der Waals surface area contributed by atoms with Crippen molar-refractivity contribution in [3.63, 3.8) is 0 Å². The number of methoxy groups -OCH3 is 1. The summed E-state index contributed by atoms with van der Waals surface area (Å²) in [7, 11) is 3.46. The topological polar surface area (TPSA) is 73.4 Å². The van der Waals surface area contributed by atoms with Crippen molar-refractivity contribution >= 4 is 11.8 Å². The first-order valence-corrected chi connectivity index (χ1v) is 6.19. The molecule has 6 nitrogen and oxygen atoms in total. The second kappa shape index (κ2) is 5.39. The van der Waals surface area contributed by atoms with E-state index in [-0.39, 0.29) is 5.69 Å². The molecule has 1 unspecified atom stereocenters. The number of carbonyl (C=O) groups excluding carboxylic acids is 1. The van der Waals surface area contributed by atoms with Crippen molar-refractivity contribution in [1.29, 1.82) is 0 Å². The van der Waals surface area contributed by atoms with Gasteiger partial charge in [0.2, 0.25) is 0 Å². The predicted molar refractivity (Wildman–Crippen MR) is 68.2 cm³/mol. The third-order valence-electron chi connectivity index (χ3n) is 3.43. The number of piperidine rings is 1. The molecule has 0 radical (unpaired) electrons. The van der Waals surface area contributed by atoms with Gasteiger partial charge in [0.05, 0.1) is 13.4 Å². The van der Waals surface area contributed by atoms with Crippen LogP contribution >= 0.6 is 0 Å². The summed E-state index contributed by atoms with van der Waals surface area (Å²) in [4.78, 5) is 17.7. The molecule has 0 bridgehead atoms. The molecule has 2 heterocycles. The zero-order valence-electron chi connectivity index (χ0n) is 10.9. The Balaban J connectivity index is 2.05. The molecule has 6 heteroatoms. The monoisotopic (exact) mass is 252 g/mol. The van der Waals surface area contributed by atoms with Crippen LogP contribution in [0.2, 0.25) is 0 Å². The van der Waals surface area contributed by atoms with Crippen molar-refractivity contribution in [2.75, 3.05) is 33.0 Å². The van der Waals surface area contributed by atoms with Crippen molar-refractivity contribution in [2.45, 2.75) is 19.4 Å². The zero-order valence-corrected chi connectivity index (χ0v) is 10.9. The molecule has 1 aromatic heterocycles. The lowest BCUT2D eigenvalue weighted by atomic mass is 9.98. The number of likely N-dealkylation sites (tertiary alicyclic amines) is 1. The van der Waals surface area contributed by atoms with E-state index >= 15 is 0 Å².